The number of fused-ring (bicyclic) bond motifs is 1. The Bertz CT molecular complexity index is 1560. The molecule has 0 saturated heterocycles. The number of rotatable bonds is 6. The van der Waals surface area contributed by atoms with Gasteiger partial charge in [-0.1, -0.05) is 0 Å². The maximum atomic E-state index is 14.1. The van der Waals surface area contributed by atoms with Crippen LogP contribution in [0.15, 0.2) is 108 Å². The van der Waals surface area contributed by atoms with E-state index in [2.05, 4.69) is 12.1 Å². The number of nitrogens with zero attached hydrogens (tertiary/aromatic N) is 1. The average molecular weight is 533 g/mol. The van der Waals surface area contributed by atoms with Gasteiger partial charge in [-0.15, -0.1) is 0 Å². The van der Waals surface area contributed by atoms with E-state index in [1.807, 2.05) is 85.8 Å². The predicted molar refractivity (Wildman–Crippen MR) is 139 cm³/mol. The molecule has 0 aliphatic rings. The van der Waals surface area contributed by atoms with Crippen LogP contribution in [-0.4, -0.2) is 34.5 Å². The monoisotopic (exact) mass is 533 g/mol. The van der Waals surface area contributed by atoms with Crippen LogP contribution in [0, 0.1) is 6.92 Å². The van der Waals surface area contributed by atoms with Crippen LogP contribution in [0.1, 0.15) is 5.56 Å². The van der Waals surface area contributed by atoms with Crippen molar-refractivity contribution < 1.29 is 13.2 Å². The number of ether oxygens (including phenoxy) is 1. The van der Waals surface area contributed by atoms with Gasteiger partial charge in [-0.3, -0.25) is 0 Å². The van der Waals surface area contributed by atoms with Crippen LogP contribution < -0.4 is 13.7 Å². The molecule has 0 bridgehead atoms. The van der Waals surface area contributed by atoms with Crippen molar-refractivity contribution >= 4 is 44.8 Å². The van der Waals surface area contributed by atoms with Gasteiger partial charge in [0.25, 0.3) is 0 Å². The number of hydrogen-bond donors (Lipinski definition) is 0. The van der Waals surface area contributed by atoms with Gasteiger partial charge in [-0.25, -0.2) is 0 Å². The summed E-state index contributed by atoms with van der Waals surface area (Å²) in [6.07, 6.45) is 0. The number of benzene rings is 4. The van der Waals surface area contributed by atoms with Gasteiger partial charge < -0.3 is 0 Å². The molecule has 0 radical (unpaired) electrons. The number of aryl methyl sites for hydroxylation is 1. The molecule has 0 saturated carbocycles. The minimum atomic E-state index is -3.87. The van der Waals surface area contributed by atoms with Gasteiger partial charge in [0.1, 0.15) is 0 Å². The van der Waals surface area contributed by atoms with Crippen molar-refractivity contribution in [1.29, 1.82) is 0 Å². The first kappa shape index (κ1) is 22.5. The maximum absolute atomic E-state index is 14.1. The second-order valence-corrected chi connectivity index (χ2v) is 12.0. The van der Waals surface area contributed by atoms with Gasteiger partial charge >= 0.3 is 207 Å². The van der Waals surface area contributed by atoms with Crippen LogP contribution >= 0.6 is 0 Å². The van der Waals surface area contributed by atoms with Gasteiger partial charge in [-0.05, 0) is 0 Å². The van der Waals surface area contributed by atoms with Crippen molar-refractivity contribution in [1.82, 2.24) is 3.97 Å². The van der Waals surface area contributed by atoms with Crippen molar-refractivity contribution in [2.45, 2.75) is 11.8 Å². The fourth-order valence-electron chi connectivity index (χ4n) is 3.96. The predicted octanol–water partition coefficient (Wildman–Crippen LogP) is 4.52. The molecule has 0 N–H and O–H groups in total. The molecule has 5 aromatic rings. The van der Waals surface area contributed by atoms with Gasteiger partial charge in [0.15, 0.2) is 0 Å². The molecular weight excluding hydrogens is 509 g/mol. The second kappa shape index (κ2) is 9.15. The van der Waals surface area contributed by atoms with Crippen molar-refractivity contribution in [3.05, 3.63) is 109 Å². The Labute approximate surface area is 206 Å². The molecule has 4 nitrogen and oxygen atoms in total. The normalized spacial score (nSPS) is 11.6. The van der Waals surface area contributed by atoms with Gasteiger partial charge in [-0.2, -0.15) is 0 Å². The Morgan fingerprint density at radius 2 is 1.44 bits per heavy atom. The van der Waals surface area contributed by atoms with Crippen LogP contribution in [0.25, 0.3) is 22.2 Å². The quantitative estimate of drug-likeness (QED) is 0.302. The molecule has 0 aliphatic heterocycles. The Hall–Kier alpha value is -3.31. The molecule has 6 heteroatoms. The molecule has 1 heterocycles. The summed E-state index contributed by atoms with van der Waals surface area (Å²) in [6.45, 7) is 1.95. The van der Waals surface area contributed by atoms with Crippen molar-refractivity contribution in [2.24, 2.45) is 0 Å². The zero-order chi connectivity index (χ0) is 23.7. The third-order valence-electron chi connectivity index (χ3n) is 5.65. The van der Waals surface area contributed by atoms with Crippen molar-refractivity contribution in [3.8, 4) is 17.0 Å². The first-order chi connectivity index (χ1) is 16.5. The Balaban J connectivity index is 1.88. The van der Waals surface area contributed by atoms with E-state index < -0.39 is 10.0 Å². The molecule has 0 fully saturated rings. The molecule has 0 amide bonds. The van der Waals surface area contributed by atoms with Gasteiger partial charge in [0.2, 0.25) is 0 Å². The third-order valence-corrected chi connectivity index (χ3v) is 9.74. The van der Waals surface area contributed by atoms with E-state index in [-0.39, 0.29) is 19.9 Å². The van der Waals surface area contributed by atoms with E-state index in [1.165, 1.54) is 8.43 Å². The van der Waals surface area contributed by atoms with E-state index in [1.54, 1.807) is 19.2 Å². The summed E-state index contributed by atoms with van der Waals surface area (Å²) in [5.74, 6) is 0.696. The summed E-state index contributed by atoms with van der Waals surface area (Å²) in [6, 6.07) is 32.6. The molecule has 4 aromatic carbocycles. The summed E-state index contributed by atoms with van der Waals surface area (Å²) in [7, 11) is -2.24. The van der Waals surface area contributed by atoms with Gasteiger partial charge in [0.05, 0.1) is 0 Å². The molecule has 170 valence electrons. The molecule has 34 heavy (non-hydrogen) atoms. The summed E-state index contributed by atoms with van der Waals surface area (Å²) in [5, 5.41) is 0.887. The number of aromatic nitrogens is 1. The first-order valence-electron chi connectivity index (χ1n) is 10.8. The molecule has 0 unspecified atom stereocenters. The topological polar surface area (TPSA) is 48.3 Å². The summed E-state index contributed by atoms with van der Waals surface area (Å²) in [4.78, 5) is 0.266. The second-order valence-electron chi connectivity index (χ2n) is 7.92. The van der Waals surface area contributed by atoms with Gasteiger partial charge in [0, 0.05) is 0 Å². The van der Waals surface area contributed by atoms with E-state index in [0.29, 0.717) is 17.0 Å². The zero-order valence-corrected chi connectivity index (χ0v) is 21.3. The summed E-state index contributed by atoms with van der Waals surface area (Å²) >= 11 is -0.134. The zero-order valence-electron chi connectivity index (χ0n) is 18.8. The van der Waals surface area contributed by atoms with Crippen molar-refractivity contribution in [2.75, 3.05) is 7.11 Å². The van der Waals surface area contributed by atoms with E-state index in [0.717, 1.165) is 21.0 Å². The van der Waals surface area contributed by atoms with Crippen LogP contribution in [0.2, 0.25) is 0 Å². The number of methoxy groups -OCH3 is 1. The fourth-order valence-corrected chi connectivity index (χ4v) is 7.96. The molecule has 0 aliphatic carbocycles. The van der Waals surface area contributed by atoms with Crippen LogP contribution in [0.5, 0.6) is 5.75 Å². The Morgan fingerprint density at radius 1 is 0.794 bits per heavy atom. The molecule has 5 rings (SSSR count). The minimum absolute atomic E-state index is 0.134. The first-order valence-corrected chi connectivity index (χ1v) is 14.0. The molecule has 1 aromatic heterocycles. The standard InChI is InChI=1S/C28H23NO3SSe/c1-20-13-16-23(17-14-20)33(30,31)29-26-18-15-22(32-2)19-25(26)28(34-24-11-7-4-8-12-24)27(29)21-9-5-3-6-10-21/h3-19H,1-2H3. The molecular formula is C28H23NO3SSe. The Morgan fingerprint density at radius 3 is 2.09 bits per heavy atom. The average Bonchev–Trinajstić information content (AvgIpc) is 3.19. The van der Waals surface area contributed by atoms with E-state index >= 15 is 0 Å². The number of hydrogen-bond acceptors (Lipinski definition) is 3. The third kappa shape index (κ3) is 4.05. The summed E-state index contributed by atoms with van der Waals surface area (Å²) in [5.41, 5.74) is 3.22. The van der Waals surface area contributed by atoms with E-state index in [4.69, 9.17) is 4.74 Å². The van der Waals surface area contributed by atoms with Crippen LogP contribution in [0.4, 0.5) is 0 Å². The summed E-state index contributed by atoms with van der Waals surface area (Å²) < 4.78 is 37.4. The van der Waals surface area contributed by atoms with E-state index in [9.17, 15) is 8.42 Å². The molecule has 0 atom stereocenters. The molecule has 0 spiro atoms. The Kier molecular flexibility index (Phi) is 6.05. The fraction of sp³-hybridized carbons (Fsp3) is 0.0714. The van der Waals surface area contributed by atoms with Crippen LogP contribution in [0.3, 0.4) is 0 Å². The van der Waals surface area contributed by atoms with Crippen molar-refractivity contribution in [3.63, 3.8) is 0 Å². The SMILES string of the molecule is COc1ccc2c(c1)c([Se]c1ccccc1)c(-c1ccccc1)n2S(=O)(=O)c1ccc(C)cc1. The van der Waals surface area contributed by atoms with Crippen LogP contribution in [-0.2, 0) is 10.0 Å².